The van der Waals surface area contributed by atoms with Crippen LogP contribution in [0.3, 0.4) is 0 Å². The van der Waals surface area contributed by atoms with Crippen molar-refractivity contribution < 1.29 is 14.3 Å². The Hall–Kier alpha value is -3.81. The number of anilines is 1. The Morgan fingerprint density at radius 3 is 2.42 bits per heavy atom. The van der Waals surface area contributed by atoms with Crippen LogP contribution in [0.5, 0.6) is 5.75 Å². The molecule has 202 valence electrons. The Balaban J connectivity index is 1.30. The molecule has 0 radical (unpaired) electrons. The molecule has 1 atom stereocenters. The number of rotatable bonds is 12. The predicted octanol–water partition coefficient (Wildman–Crippen LogP) is 4.75. The third-order valence-corrected chi connectivity index (χ3v) is 7.45. The Bertz CT molecular complexity index is 1150. The summed E-state index contributed by atoms with van der Waals surface area (Å²) in [6, 6.07) is 15.4. The summed E-state index contributed by atoms with van der Waals surface area (Å²) < 4.78 is 7.26. The largest absolute Gasteiger partial charge is 0.497 e. The van der Waals surface area contributed by atoms with Crippen molar-refractivity contribution in [2.24, 2.45) is 0 Å². The normalized spacial score (nSPS) is 15.3. The van der Waals surface area contributed by atoms with Gasteiger partial charge >= 0.3 is 0 Å². The molecule has 0 spiro atoms. The Labute approximate surface area is 225 Å². The number of aryl methyl sites for hydroxylation is 1. The summed E-state index contributed by atoms with van der Waals surface area (Å²) in [5.74, 6) is 0.855. The fourth-order valence-corrected chi connectivity index (χ4v) is 5.01. The van der Waals surface area contributed by atoms with Crippen LogP contribution in [0.2, 0.25) is 0 Å². The molecule has 0 saturated heterocycles. The molecule has 1 heterocycles. The molecule has 1 aromatic heterocycles. The highest BCUT2D eigenvalue weighted by Gasteiger charge is 2.40. The van der Waals surface area contributed by atoms with Crippen molar-refractivity contribution in [2.75, 3.05) is 25.5 Å². The highest BCUT2D eigenvalue weighted by molar-refractivity contribution is 5.99. The molecule has 1 unspecified atom stereocenters. The van der Waals surface area contributed by atoms with Crippen LogP contribution in [0.1, 0.15) is 67.3 Å². The molecule has 3 N–H and O–H groups in total. The monoisotopic (exact) mass is 517 g/mol. The van der Waals surface area contributed by atoms with Gasteiger partial charge in [-0.25, -0.2) is 4.98 Å². The number of ether oxygens (including phenoxy) is 1. The number of imidazole rings is 1. The maximum absolute atomic E-state index is 13.3. The van der Waals surface area contributed by atoms with E-state index in [9.17, 15) is 9.59 Å². The molecule has 2 aromatic carbocycles. The highest BCUT2D eigenvalue weighted by atomic mass is 16.5. The second kappa shape index (κ2) is 13.1. The van der Waals surface area contributed by atoms with Gasteiger partial charge in [0, 0.05) is 43.3 Å². The van der Waals surface area contributed by atoms with E-state index in [0.717, 1.165) is 43.7 Å². The summed E-state index contributed by atoms with van der Waals surface area (Å²) in [6.07, 6.45) is 10.8. The molecule has 8 heteroatoms. The van der Waals surface area contributed by atoms with Gasteiger partial charge in [0.2, 0.25) is 5.91 Å². The van der Waals surface area contributed by atoms with E-state index in [4.69, 9.17) is 4.74 Å². The summed E-state index contributed by atoms with van der Waals surface area (Å²) >= 11 is 0. The lowest BCUT2D eigenvalue weighted by atomic mass is 9.80. The first kappa shape index (κ1) is 27.2. The van der Waals surface area contributed by atoms with Crippen molar-refractivity contribution in [3.63, 3.8) is 0 Å². The molecule has 1 aliphatic carbocycles. The minimum atomic E-state index is -0.869. The van der Waals surface area contributed by atoms with Gasteiger partial charge in [-0.1, -0.05) is 38.3 Å². The number of hydrogen-bond donors (Lipinski definition) is 3. The van der Waals surface area contributed by atoms with E-state index in [1.165, 1.54) is 5.56 Å². The van der Waals surface area contributed by atoms with Crippen molar-refractivity contribution in [1.82, 2.24) is 20.2 Å². The van der Waals surface area contributed by atoms with E-state index < -0.39 is 5.54 Å². The second-order valence-corrected chi connectivity index (χ2v) is 10.1. The average Bonchev–Trinajstić information content (AvgIpc) is 3.48. The fourth-order valence-electron chi connectivity index (χ4n) is 5.01. The number of nitrogens with zero attached hydrogens (tertiary/aromatic N) is 2. The van der Waals surface area contributed by atoms with Gasteiger partial charge < -0.3 is 25.3 Å². The Morgan fingerprint density at radius 1 is 1.03 bits per heavy atom. The summed E-state index contributed by atoms with van der Waals surface area (Å²) in [6.45, 7) is 4.14. The molecular formula is C30H39N5O3. The van der Waals surface area contributed by atoms with Gasteiger partial charge in [0.1, 0.15) is 11.3 Å². The van der Waals surface area contributed by atoms with Crippen LogP contribution >= 0.6 is 0 Å². The summed E-state index contributed by atoms with van der Waals surface area (Å²) in [4.78, 5) is 30.6. The molecule has 0 bridgehead atoms. The third-order valence-electron chi connectivity index (χ3n) is 7.45. The number of benzene rings is 2. The lowest BCUT2D eigenvalue weighted by Gasteiger charge is -2.36. The summed E-state index contributed by atoms with van der Waals surface area (Å²) in [7, 11) is 1.64. The first-order valence-electron chi connectivity index (χ1n) is 13.5. The second-order valence-electron chi connectivity index (χ2n) is 10.1. The van der Waals surface area contributed by atoms with Gasteiger partial charge in [-0.05, 0) is 67.1 Å². The number of amides is 2. The smallest absolute Gasteiger partial charge is 0.252 e. The fraction of sp³-hybridized carbons (Fsp3) is 0.433. The van der Waals surface area contributed by atoms with E-state index in [1.807, 2.05) is 61.1 Å². The zero-order valence-electron chi connectivity index (χ0n) is 22.4. The molecule has 1 saturated carbocycles. The molecule has 4 rings (SSSR count). The van der Waals surface area contributed by atoms with Crippen molar-refractivity contribution in [3.05, 3.63) is 78.4 Å². The number of nitrogens with one attached hydrogen (secondary N) is 3. The van der Waals surface area contributed by atoms with E-state index >= 15 is 0 Å². The average molecular weight is 518 g/mol. The van der Waals surface area contributed by atoms with Crippen LogP contribution < -0.4 is 20.7 Å². The van der Waals surface area contributed by atoms with Gasteiger partial charge in [0.15, 0.2) is 0 Å². The lowest BCUT2D eigenvalue weighted by molar-refractivity contribution is -0.128. The molecule has 1 aliphatic rings. The maximum atomic E-state index is 13.3. The minimum absolute atomic E-state index is 0.105. The molecular weight excluding hydrogens is 478 g/mol. The molecule has 2 amide bonds. The van der Waals surface area contributed by atoms with E-state index in [2.05, 4.69) is 32.4 Å². The van der Waals surface area contributed by atoms with Gasteiger partial charge in [-0.15, -0.1) is 0 Å². The van der Waals surface area contributed by atoms with Crippen molar-refractivity contribution in [2.45, 2.75) is 63.5 Å². The molecule has 3 aromatic rings. The summed E-state index contributed by atoms with van der Waals surface area (Å²) in [5.41, 5.74) is 1.86. The van der Waals surface area contributed by atoms with E-state index in [-0.39, 0.29) is 11.8 Å². The minimum Gasteiger partial charge on any atom is -0.497 e. The van der Waals surface area contributed by atoms with Crippen LogP contribution in [-0.2, 0) is 11.3 Å². The molecule has 0 aliphatic heterocycles. The number of hydrogen-bond acceptors (Lipinski definition) is 5. The van der Waals surface area contributed by atoms with Crippen molar-refractivity contribution in [1.29, 1.82) is 0 Å². The van der Waals surface area contributed by atoms with Crippen LogP contribution in [0.25, 0.3) is 0 Å². The van der Waals surface area contributed by atoms with E-state index in [1.54, 1.807) is 13.3 Å². The first-order valence-corrected chi connectivity index (χ1v) is 13.5. The Kier molecular flexibility index (Phi) is 9.40. The van der Waals surface area contributed by atoms with Crippen LogP contribution in [0, 0.1) is 0 Å². The standard InChI is InChI=1S/C30H39N5O3/c1-23(14-20-35-21-19-31-22-35)24-6-8-25(9-7-24)28(36)34-30(15-4-3-5-16-30)29(37)33-18-17-32-26-10-12-27(38-2)13-11-26/h6-13,19,21-23,32H,3-5,14-18,20H2,1-2H3,(H,33,37)(H,34,36). The van der Waals surface area contributed by atoms with Gasteiger partial charge in [-0.2, -0.15) is 0 Å². The van der Waals surface area contributed by atoms with Crippen molar-refractivity contribution in [3.8, 4) is 5.75 Å². The molecule has 38 heavy (non-hydrogen) atoms. The topological polar surface area (TPSA) is 97.3 Å². The highest BCUT2D eigenvalue weighted by Crippen LogP contribution is 2.29. The van der Waals surface area contributed by atoms with Gasteiger partial charge in [-0.3, -0.25) is 9.59 Å². The zero-order valence-corrected chi connectivity index (χ0v) is 22.4. The third kappa shape index (κ3) is 7.15. The first-order chi connectivity index (χ1) is 18.5. The maximum Gasteiger partial charge on any atom is 0.252 e. The zero-order chi connectivity index (χ0) is 26.8. The summed E-state index contributed by atoms with van der Waals surface area (Å²) in [5, 5.41) is 9.46. The van der Waals surface area contributed by atoms with Crippen LogP contribution in [0.4, 0.5) is 5.69 Å². The quantitative estimate of drug-likeness (QED) is 0.301. The predicted molar refractivity (Wildman–Crippen MR) is 149 cm³/mol. The van der Waals surface area contributed by atoms with Gasteiger partial charge in [0.25, 0.3) is 5.91 Å². The molecule has 1 fully saturated rings. The number of carbonyl (C=O) groups excluding carboxylic acids is 2. The number of methoxy groups -OCH3 is 1. The van der Waals surface area contributed by atoms with E-state index in [0.29, 0.717) is 37.4 Å². The van der Waals surface area contributed by atoms with Crippen LogP contribution in [0.15, 0.2) is 67.3 Å². The number of aromatic nitrogens is 2. The van der Waals surface area contributed by atoms with Crippen LogP contribution in [-0.4, -0.2) is 47.1 Å². The SMILES string of the molecule is COc1ccc(NCCNC(=O)C2(NC(=O)c3ccc(C(C)CCn4ccnc4)cc3)CCCCC2)cc1. The Morgan fingerprint density at radius 2 is 1.76 bits per heavy atom. The van der Waals surface area contributed by atoms with Crippen molar-refractivity contribution >= 4 is 17.5 Å². The van der Waals surface area contributed by atoms with Gasteiger partial charge in [0.05, 0.1) is 13.4 Å². The number of carbonyl (C=O) groups is 2. The lowest BCUT2D eigenvalue weighted by Crippen LogP contribution is -2.60. The molecule has 8 nitrogen and oxygen atoms in total.